The van der Waals surface area contributed by atoms with E-state index < -0.39 is 17.5 Å². The van der Waals surface area contributed by atoms with Crippen molar-refractivity contribution in [3.8, 4) is 5.75 Å². The molecule has 0 atom stereocenters. The molecular formula is C22H27NO7. The zero-order valence-electron chi connectivity index (χ0n) is 17.7. The second-order valence-electron chi connectivity index (χ2n) is 6.78. The Morgan fingerprint density at radius 3 is 2.23 bits per heavy atom. The van der Waals surface area contributed by atoms with Gasteiger partial charge in [-0.3, -0.25) is 14.5 Å². The lowest BCUT2D eigenvalue weighted by Gasteiger charge is -2.38. The van der Waals surface area contributed by atoms with Gasteiger partial charge in [0.2, 0.25) is 5.54 Å². The number of nitrogens with zero attached hydrogens (tertiary/aromatic N) is 1. The number of esters is 2. The van der Waals surface area contributed by atoms with Gasteiger partial charge in [0.05, 0.1) is 32.4 Å². The zero-order valence-corrected chi connectivity index (χ0v) is 17.7. The van der Waals surface area contributed by atoms with Gasteiger partial charge in [-0.05, 0) is 51.1 Å². The maximum absolute atomic E-state index is 12.7. The molecule has 0 aliphatic carbocycles. The van der Waals surface area contributed by atoms with E-state index in [4.69, 9.17) is 14.2 Å². The van der Waals surface area contributed by atoms with E-state index in [1.807, 2.05) is 0 Å². The first-order valence-electron chi connectivity index (χ1n) is 9.78. The van der Waals surface area contributed by atoms with Gasteiger partial charge in [0.15, 0.2) is 11.6 Å². The Labute approximate surface area is 175 Å². The Morgan fingerprint density at radius 1 is 1.07 bits per heavy atom. The maximum atomic E-state index is 12.7. The number of rotatable bonds is 9. The molecule has 0 unspecified atom stereocenters. The fraction of sp³-hybridized carbons (Fsp3) is 0.455. The Balaban J connectivity index is 2.35. The van der Waals surface area contributed by atoms with Gasteiger partial charge < -0.3 is 14.2 Å². The van der Waals surface area contributed by atoms with Gasteiger partial charge in [-0.1, -0.05) is 12.1 Å². The van der Waals surface area contributed by atoms with E-state index in [9.17, 15) is 19.2 Å². The number of carbonyl (C=O) groups is 4. The number of carbonyl (C=O) groups excluding carboxylic acids is 4. The number of ketones is 2. The molecule has 8 heteroatoms. The zero-order chi connectivity index (χ0) is 22.3. The molecule has 1 aliphatic rings. The molecule has 0 saturated heterocycles. The van der Waals surface area contributed by atoms with Crippen LogP contribution in [0.1, 0.15) is 37.0 Å². The average Bonchev–Trinajstić information content (AvgIpc) is 2.73. The highest BCUT2D eigenvalue weighted by atomic mass is 16.6. The summed E-state index contributed by atoms with van der Waals surface area (Å²) in [7, 11) is 2.96. The van der Waals surface area contributed by atoms with Crippen molar-refractivity contribution in [1.82, 2.24) is 4.90 Å². The van der Waals surface area contributed by atoms with Crippen LogP contribution in [-0.2, 0) is 23.9 Å². The van der Waals surface area contributed by atoms with E-state index >= 15 is 0 Å². The van der Waals surface area contributed by atoms with Gasteiger partial charge in [0.25, 0.3) is 0 Å². The molecule has 1 aromatic rings. The molecule has 0 amide bonds. The molecule has 0 bridgehead atoms. The van der Waals surface area contributed by atoms with Gasteiger partial charge in [0, 0.05) is 6.42 Å². The van der Waals surface area contributed by atoms with Crippen LogP contribution in [0.3, 0.4) is 0 Å². The predicted octanol–water partition coefficient (Wildman–Crippen LogP) is 1.96. The number of ether oxygens (including phenoxy) is 3. The molecule has 0 spiro atoms. The van der Waals surface area contributed by atoms with Gasteiger partial charge in [0.1, 0.15) is 5.75 Å². The number of likely N-dealkylation sites (N-methyl/N-ethyl adjacent to an activating group) is 1. The lowest BCUT2D eigenvalue weighted by molar-refractivity contribution is -0.170. The average molecular weight is 417 g/mol. The summed E-state index contributed by atoms with van der Waals surface area (Å²) in [5.74, 6) is -1.66. The molecule has 30 heavy (non-hydrogen) atoms. The molecule has 0 radical (unpaired) electrons. The van der Waals surface area contributed by atoms with Crippen LogP contribution in [0.5, 0.6) is 5.75 Å². The molecule has 1 aliphatic heterocycles. The fourth-order valence-corrected chi connectivity index (χ4v) is 3.35. The fourth-order valence-electron chi connectivity index (χ4n) is 3.35. The minimum atomic E-state index is -1.86. The van der Waals surface area contributed by atoms with Crippen molar-refractivity contribution in [2.75, 3.05) is 33.9 Å². The van der Waals surface area contributed by atoms with Gasteiger partial charge >= 0.3 is 11.9 Å². The van der Waals surface area contributed by atoms with Crippen molar-refractivity contribution < 1.29 is 33.4 Å². The molecule has 1 aromatic carbocycles. The van der Waals surface area contributed by atoms with E-state index in [2.05, 4.69) is 0 Å². The highest BCUT2D eigenvalue weighted by Crippen LogP contribution is 2.29. The molecular weight excluding hydrogens is 390 g/mol. The Kier molecular flexibility index (Phi) is 7.88. The smallest absolute Gasteiger partial charge is 0.342 e. The predicted molar refractivity (Wildman–Crippen MR) is 108 cm³/mol. The van der Waals surface area contributed by atoms with Gasteiger partial charge in [-0.15, -0.1) is 0 Å². The highest BCUT2D eigenvalue weighted by Gasteiger charge is 2.54. The van der Waals surface area contributed by atoms with E-state index in [1.54, 1.807) is 38.1 Å². The summed E-state index contributed by atoms with van der Waals surface area (Å²) in [6, 6.07) is 6.81. The van der Waals surface area contributed by atoms with Crippen molar-refractivity contribution in [1.29, 1.82) is 0 Å². The SMILES string of the molecule is CCOC(=O)C1(C(=O)OCC)C=C(CCC(=O)c2ccccc2OC)C(=O)CN1C. The van der Waals surface area contributed by atoms with Crippen molar-refractivity contribution >= 4 is 23.5 Å². The molecule has 0 fully saturated rings. The van der Waals surface area contributed by atoms with Crippen LogP contribution in [-0.4, -0.2) is 67.9 Å². The van der Waals surface area contributed by atoms with Gasteiger partial charge in [-0.25, -0.2) is 9.59 Å². The van der Waals surface area contributed by atoms with Crippen molar-refractivity contribution in [2.24, 2.45) is 0 Å². The highest BCUT2D eigenvalue weighted by molar-refractivity contribution is 6.12. The lowest BCUT2D eigenvalue weighted by atomic mass is 9.86. The Hall–Kier alpha value is -3.00. The molecule has 162 valence electrons. The first kappa shape index (κ1) is 23.3. The van der Waals surface area contributed by atoms with E-state index in [0.29, 0.717) is 11.3 Å². The third kappa shape index (κ3) is 4.59. The lowest BCUT2D eigenvalue weighted by Crippen LogP contribution is -2.62. The molecule has 2 rings (SSSR count). The minimum absolute atomic E-state index is 0.0173. The first-order valence-corrected chi connectivity index (χ1v) is 9.78. The summed E-state index contributed by atoms with van der Waals surface area (Å²) in [4.78, 5) is 52.0. The van der Waals surface area contributed by atoms with Crippen LogP contribution in [0.2, 0.25) is 0 Å². The van der Waals surface area contributed by atoms with E-state index in [0.717, 1.165) is 0 Å². The number of benzene rings is 1. The number of para-hydroxylation sites is 1. The Bertz CT molecular complexity index is 841. The number of Topliss-reactive ketones (excluding diaryl/α,β-unsaturated/α-hetero) is 2. The molecule has 1 heterocycles. The molecule has 0 aromatic heterocycles. The summed E-state index contributed by atoms with van der Waals surface area (Å²) >= 11 is 0. The van der Waals surface area contributed by atoms with Crippen LogP contribution < -0.4 is 4.74 Å². The number of hydrogen-bond acceptors (Lipinski definition) is 8. The van der Waals surface area contributed by atoms with Gasteiger partial charge in [-0.2, -0.15) is 0 Å². The summed E-state index contributed by atoms with van der Waals surface area (Å²) in [6.07, 6.45) is 1.37. The summed E-state index contributed by atoms with van der Waals surface area (Å²) in [6.45, 7) is 3.21. The van der Waals surface area contributed by atoms with Crippen LogP contribution in [0.25, 0.3) is 0 Å². The molecule has 0 saturated carbocycles. The quantitative estimate of drug-likeness (QED) is 0.342. The summed E-state index contributed by atoms with van der Waals surface area (Å²) < 4.78 is 15.4. The van der Waals surface area contributed by atoms with Crippen LogP contribution in [0.4, 0.5) is 0 Å². The third-order valence-corrected chi connectivity index (χ3v) is 4.93. The number of methoxy groups -OCH3 is 1. The Morgan fingerprint density at radius 2 is 1.67 bits per heavy atom. The normalized spacial score (nSPS) is 15.9. The first-order chi connectivity index (χ1) is 14.3. The van der Waals surface area contributed by atoms with Crippen LogP contribution >= 0.6 is 0 Å². The van der Waals surface area contributed by atoms with Crippen molar-refractivity contribution in [2.45, 2.75) is 32.2 Å². The minimum Gasteiger partial charge on any atom is -0.496 e. The monoisotopic (exact) mass is 417 g/mol. The summed E-state index contributed by atoms with van der Waals surface area (Å²) in [5.41, 5.74) is -1.23. The largest absolute Gasteiger partial charge is 0.496 e. The molecule has 8 nitrogen and oxygen atoms in total. The second-order valence-corrected chi connectivity index (χ2v) is 6.78. The summed E-state index contributed by atoms with van der Waals surface area (Å²) in [5, 5.41) is 0. The standard InChI is InChI=1S/C22H27NO7/c1-5-29-20(26)22(21(27)30-6-2)13-15(18(25)14-23(22)3)11-12-17(24)16-9-7-8-10-19(16)28-4/h7-10,13H,5-6,11-12,14H2,1-4H3. The van der Waals surface area contributed by atoms with E-state index in [1.165, 1.54) is 25.1 Å². The topological polar surface area (TPSA) is 99.2 Å². The number of hydrogen-bond donors (Lipinski definition) is 0. The van der Waals surface area contributed by atoms with Crippen molar-refractivity contribution in [3.05, 3.63) is 41.5 Å². The third-order valence-electron chi connectivity index (χ3n) is 4.93. The molecule has 0 N–H and O–H groups in total. The van der Waals surface area contributed by atoms with Crippen molar-refractivity contribution in [3.63, 3.8) is 0 Å². The second kappa shape index (κ2) is 10.2. The van der Waals surface area contributed by atoms with Crippen LogP contribution in [0, 0.1) is 0 Å². The van der Waals surface area contributed by atoms with E-state index in [-0.39, 0.29) is 49.7 Å². The van der Waals surface area contributed by atoms with Crippen LogP contribution in [0.15, 0.2) is 35.9 Å². The maximum Gasteiger partial charge on any atom is 0.342 e.